The predicted octanol–water partition coefficient (Wildman–Crippen LogP) is 2.24. The van der Waals surface area contributed by atoms with Crippen LogP contribution in [0.2, 0.25) is 0 Å². The maximum Gasteiger partial charge on any atom is 0.246 e. The van der Waals surface area contributed by atoms with Crippen molar-refractivity contribution in [3.05, 3.63) is 12.2 Å². The van der Waals surface area contributed by atoms with Gasteiger partial charge in [0.25, 0.3) is 0 Å². The van der Waals surface area contributed by atoms with Gasteiger partial charge in [-0.05, 0) is 93.8 Å². The van der Waals surface area contributed by atoms with Gasteiger partial charge < -0.3 is 65.8 Å². The molecule has 0 bridgehead atoms. The summed E-state index contributed by atoms with van der Waals surface area (Å²) in [6, 6.07) is -12.5. The van der Waals surface area contributed by atoms with Crippen molar-refractivity contribution in [3.8, 4) is 0 Å². The number of rotatable bonds is 16. The van der Waals surface area contributed by atoms with E-state index in [0.717, 1.165) is 9.80 Å². The van der Waals surface area contributed by atoms with Crippen LogP contribution in [0.5, 0.6) is 0 Å². The highest BCUT2D eigenvalue weighted by Gasteiger charge is 2.45. The van der Waals surface area contributed by atoms with Gasteiger partial charge >= 0.3 is 0 Å². The largest absolute Gasteiger partial charge is 0.392 e. The van der Waals surface area contributed by atoms with Crippen molar-refractivity contribution in [2.24, 2.45) is 41.4 Å². The van der Waals surface area contributed by atoms with Gasteiger partial charge in [-0.3, -0.25) is 52.7 Å². The van der Waals surface area contributed by atoms with Crippen LogP contribution in [0.1, 0.15) is 149 Å². The average molecular weight is 1220 g/mol. The number of likely N-dealkylation sites (N-methyl/N-ethyl adjacent to an activating group) is 7. The van der Waals surface area contributed by atoms with E-state index in [1.165, 1.54) is 93.8 Å². The Morgan fingerprint density at radius 2 is 0.872 bits per heavy atom. The van der Waals surface area contributed by atoms with Crippen molar-refractivity contribution < 1.29 is 63.0 Å². The monoisotopic (exact) mass is 1220 g/mol. The van der Waals surface area contributed by atoms with Crippen LogP contribution in [0.3, 0.4) is 0 Å². The Bertz CT molecular complexity index is 2350. The molecule has 24 nitrogen and oxygen atoms in total. The zero-order chi connectivity index (χ0) is 66.7. The number of allylic oxidation sites excluding steroid dienone is 1. The lowest BCUT2D eigenvalue weighted by molar-refractivity contribution is -0.157. The second-order valence-corrected chi connectivity index (χ2v) is 26.2. The second-order valence-electron chi connectivity index (χ2n) is 26.2. The number of hydrogen-bond acceptors (Lipinski definition) is 13. The van der Waals surface area contributed by atoms with Crippen molar-refractivity contribution >= 4 is 65.0 Å². The molecular formula is C62H111N11O13. The summed E-state index contributed by atoms with van der Waals surface area (Å²) in [4.78, 5) is 168. The highest BCUT2D eigenvalue weighted by Crippen LogP contribution is 2.26. The van der Waals surface area contributed by atoms with E-state index in [1.807, 2.05) is 55.4 Å². The van der Waals surface area contributed by atoms with Crippen LogP contribution in [0.4, 0.5) is 0 Å². The first-order valence-electron chi connectivity index (χ1n) is 30.7. The number of hydrogen-bond donors (Lipinski definition) is 6. The number of aliphatic hydroxyl groups is 2. The lowest BCUT2D eigenvalue weighted by Gasteiger charge is -2.41. The number of carbonyl (C=O) groups is 11. The van der Waals surface area contributed by atoms with Gasteiger partial charge in [-0.15, -0.1) is 0 Å². The summed E-state index contributed by atoms with van der Waals surface area (Å²) >= 11 is 0. The Balaban J connectivity index is 4.33. The predicted molar refractivity (Wildman–Crippen MR) is 330 cm³/mol. The van der Waals surface area contributed by atoms with E-state index in [2.05, 4.69) is 21.3 Å². The minimum atomic E-state index is -1.67. The Kier molecular flexibility index (Phi) is 32.2. The molecule has 1 unspecified atom stereocenters. The smallest absolute Gasteiger partial charge is 0.246 e. The second kappa shape index (κ2) is 35.6. The standard InChI is InChI=1S/C62H111N11O13/c1-24-43-58(82)67(17)33-48(75)68(18)44(29-34(2)3)55(79)66-49(38(10)11)61(85)69(19)45(30-35(4)5)54(78)63-41(15)53(77)64-42(16)57(81)70(20)46(31-36(6)7)59(83)71(21)47(32-37(8)9)60(84)72(22)50(39(12)13)62(86)73(23)51(56(80)65-43)52(76)40(14)27-25-26-28-74/h25-26,34-47,49-52,74,76H,24,27-33H2,1-23H3,(H,63,78)(H,64,77)(H,65,80)(H,66,79)/b26-25+/t40-,41+,42-,43+,44+,45+,46+,47+,49+,50+,51?,52-/m1/s1. The number of nitrogens with one attached hydrogen (secondary N) is 4. The summed E-state index contributed by atoms with van der Waals surface area (Å²) in [6.45, 7) is 27.0. The Morgan fingerprint density at radius 1 is 0.453 bits per heavy atom. The lowest BCUT2D eigenvalue weighted by atomic mass is 9.91. The van der Waals surface area contributed by atoms with Gasteiger partial charge in [0.1, 0.15) is 60.4 Å². The van der Waals surface area contributed by atoms with E-state index in [-0.39, 0.29) is 68.8 Å². The first-order valence-corrected chi connectivity index (χ1v) is 30.7. The molecule has 0 aromatic rings. The van der Waals surface area contributed by atoms with E-state index in [0.29, 0.717) is 0 Å². The molecule has 1 fully saturated rings. The minimum absolute atomic E-state index is 0.00425. The fourth-order valence-electron chi connectivity index (χ4n) is 10.7. The van der Waals surface area contributed by atoms with Gasteiger partial charge in [0.15, 0.2) is 0 Å². The molecule has 0 aromatic heterocycles. The molecule has 86 heavy (non-hydrogen) atoms. The molecule has 0 spiro atoms. The SMILES string of the molecule is CC[C@@H]1NC(=O)C([C@H](O)[C@H](C)C/C=C/CO)N(C)C(=O)[C@H](C(C)C)N(C)C(=O)[C@H](CC(C)C)N(C)C(=O)[C@H](CC(C)C)N(C)C(=O)[C@@H](C)NC(=O)[C@H](C)NC(=O)[C@H](CC(C)C)N(C)C(=O)[C@H](C(C)C)NC(=O)[C@H](CC(C)C)N(C)C(=O)CN(C)C1=O. The molecule has 0 radical (unpaired) electrons. The molecule has 1 heterocycles. The zero-order valence-electron chi connectivity index (χ0n) is 56.2. The van der Waals surface area contributed by atoms with Gasteiger partial charge in [-0.2, -0.15) is 0 Å². The topological polar surface area (TPSA) is 299 Å². The molecule has 12 atom stereocenters. The van der Waals surface area contributed by atoms with Gasteiger partial charge in [0, 0.05) is 49.3 Å². The van der Waals surface area contributed by atoms with Crippen molar-refractivity contribution in [1.82, 2.24) is 55.6 Å². The maximum absolute atomic E-state index is 15.1. The van der Waals surface area contributed by atoms with Gasteiger partial charge in [-0.1, -0.05) is 109 Å². The van der Waals surface area contributed by atoms with Crippen molar-refractivity contribution in [1.29, 1.82) is 0 Å². The first-order chi connectivity index (χ1) is 39.7. The molecule has 0 saturated carbocycles. The Morgan fingerprint density at radius 3 is 1.33 bits per heavy atom. The van der Waals surface area contributed by atoms with Crippen LogP contribution in [0.15, 0.2) is 12.2 Å². The van der Waals surface area contributed by atoms with Crippen LogP contribution < -0.4 is 21.3 Å². The number of amides is 11. The highest BCUT2D eigenvalue weighted by atomic mass is 16.3. The third-order valence-corrected chi connectivity index (χ3v) is 16.1. The van der Waals surface area contributed by atoms with Crippen LogP contribution >= 0.6 is 0 Å². The molecule has 1 aliphatic rings. The van der Waals surface area contributed by atoms with Crippen LogP contribution in [-0.4, -0.2) is 238 Å². The molecular weight excluding hydrogens is 1110 g/mol. The van der Waals surface area contributed by atoms with Crippen LogP contribution in [0, 0.1) is 41.4 Å². The minimum Gasteiger partial charge on any atom is -0.392 e. The fourth-order valence-corrected chi connectivity index (χ4v) is 10.7. The molecule has 1 rings (SSSR count). The van der Waals surface area contributed by atoms with E-state index in [4.69, 9.17) is 0 Å². The molecule has 6 N–H and O–H groups in total. The third kappa shape index (κ3) is 21.9. The van der Waals surface area contributed by atoms with Gasteiger partial charge in [0.05, 0.1) is 19.3 Å². The Labute approximate surface area is 513 Å². The first kappa shape index (κ1) is 77.8. The Hall–Kier alpha value is -6.17. The lowest BCUT2D eigenvalue weighted by Crippen LogP contribution is -2.63. The molecule has 1 saturated heterocycles. The van der Waals surface area contributed by atoms with E-state index < -0.39 is 156 Å². The molecule has 11 amide bonds. The summed E-state index contributed by atoms with van der Waals surface area (Å²) < 4.78 is 0. The van der Waals surface area contributed by atoms with E-state index in [1.54, 1.807) is 47.6 Å². The molecule has 492 valence electrons. The van der Waals surface area contributed by atoms with Gasteiger partial charge in [0.2, 0.25) is 65.0 Å². The third-order valence-electron chi connectivity index (χ3n) is 16.1. The summed E-state index contributed by atoms with van der Waals surface area (Å²) in [5, 5.41) is 32.5. The summed E-state index contributed by atoms with van der Waals surface area (Å²) in [5.74, 6) is -10.1. The number of aliphatic hydroxyl groups excluding tert-OH is 2. The summed E-state index contributed by atoms with van der Waals surface area (Å²) in [5.41, 5.74) is 0. The summed E-state index contributed by atoms with van der Waals surface area (Å²) in [6.07, 6.45) is 2.22. The van der Waals surface area contributed by atoms with Crippen LogP contribution in [-0.2, 0) is 52.7 Å². The normalized spacial score (nSPS) is 26.7. The molecule has 24 heteroatoms. The quantitative estimate of drug-likeness (QED) is 0.121. The molecule has 0 aliphatic carbocycles. The number of carbonyl (C=O) groups excluding carboxylic acids is 11. The fraction of sp³-hybridized carbons (Fsp3) is 0.790. The van der Waals surface area contributed by atoms with Crippen molar-refractivity contribution in [2.45, 2.75) is 216 Å². The summed E-state index contributed by atoms with van der Waals surface area (Å²) in [7, 11) is 9.80. The van der Waals surface area contributed by atoms with E-state index in [9.17, 15) is 53.4 Å². The van der Waals surface area contributed by atoms with E-state index >= 15 is 9.59 Å². The zero-order valence-corrected chi connectivity index (χ0v) is 56.2. The molecule has 0 aromatic carbocycles. The van der Waals surface area contributed by atoms with Crippen molar-refractivity contribution in [3.63, 3.8) is 0 Å². The van der Waals surface area contributed by atoms with Crippen molar-refractivity contribution in [2.75, 3.05) is 62.5 Å². The van der Waals surface area contributed by atoms with Crippen LogP contribution in [0.25, 0.3) is 0 Å². The van der Waals surface area contributed by atoms with Gasteiger partial charge in [-0.25, -0.2) is 0 Å². The molecule has 1 aliphatic heterocycles. The maximum atomic E-state index is 15.1. The number of nitrogens with zero attached hydrogens (tertiary/aromatic N) is 7. The highest BCUT2D eigenvalue weighted by molar-refractivity contribution is 5.99. The average Bonchev–Trinajstić information content (AvgIpc) is 1.45.